The molecule has 0 amide bonds. The molecule has 0 heterocycles. The average Bonchev–Trinajstić information content (AvgIpc) is 2.35. The van der Waals surface area contributed by atoms with Crippen molar-refractivity contribution in [2.75, 3.05) is 23.9 Å². The van der Waals surface area contributed by atoms with Crippen molar-refractivity contribution in [3.63, 3.8) is 0 Å². The Morgan fingerprint density at radius 2 is 2.18 bits per heavy atom. The number of halogens is 1. The Morgan fingerprint density at radius 1 is 1.35 bits per heavy atom. The minimum Gasteiger partial charge on any atom is -0.384 e. The van der Waals surface area contributed by atoms with Crippen molar-refractivity contribution in [1.29, 1.82) is 5.26 Å². The second kappa shape index (κ2) is 8.43. The third-order valence-electron chi connectivity index (χ3n) is 2.44. The van der Waals surface area contributed by atoms with Crippen molar-refractivity contribution in [3.8, 4) is 6.07 Å². The Morgan fingerprint density at radius 3 is 2.82 bits per heavy atom. The molecular formula is C13H17BrN2S. The van der Waals surface area contributed by atoms with Crippen LogP contribution in [0.5, 0.6) is 0 Å². The van der Waals surface area contributed by atoms with Crippen molar-refractivity contribution >= 4 is 33.4 Å². The van der Waals surface area contributed by atoms with E-state index in [4.69, 9.17) is 5.26 Å². The number of benzene rings is 1. The summed E-state index contributed by atoms with van der Waals surface area (Å²) in [6, 6.07) is 7.75. The van der Waals surface area contributed by atoms with E-state index in [1.165, 1.54) is 25.0 Å². The van der Waals surface area contributed by atoms with E-state index in [1.54, 1.807) is 0 Å². The van der Waals surface area contributed by atoms with Gasteiger partial charge in [-0.1, -0.05) is 6.42 Å². The van der Waals surface area contributed by atoms with Crippen molar-refractivity contribution in [2.24, 2.45) is 0 Å². The minimum atomic E-state index is 0.683. The summed E-state index contributed by atoms with van der Waals surface area (Å²) in [4.78, 5) is 0. The largest absolute Gasteiger partial charge is 0.384 e. The maximum Gasteiger partial charge on any atom is 0.0992 e. The highest BCUT2D eigenvalue weighted by molar-refractivity contribution is 9.10. The van der Waals surface area contributed by atoms with Crippen LogP contribution in [0.4, 0.5) is 5.69 Å². The first-order valence-electron chi connectivity index (χ1n) is 5.70. The number of unbranched alkanes of at least 4 members (excludes halogenated alkanes) is 2. The quantitative estimate of drug-likeness (QED) is 0.764. The molecule has 0 fully saturated rings. The molecule has 0 unspecified atom stereocenters. The van der Waals surface area contributed by atoms with E-state index >= 15 is 0 Å². The molecule has 0 saturated carbocycles. The molecule has 0 aliphatic heterocycles. The van der Waals surface area contributed by atoms with Gasteiger partial charge in [-0.25, -0.2) is 0 Å². The van der Waals surface area contributed by atoms with E-state index in [1.807, 2.05) is 30.0 Å². The summed E-state index contributed by atoms with van der Waals surface area (Å²) in [6.45, 7) is 0.985. The number of anilines is 1. The molecule has 1 N–H and O–H groups in total. The first kappa shape index (κ1) is 14.4. The van der Waals surface area contributed by atoms with E-state index in [0.717, 1.165) is 16.7 Å². The van der Waals surface area contributed by atoms with Crippen LogP contribution in [0.1, 0.15) is 24.8 Å². The zero-order valence-electron chi connectivity index (χ0n) is 10.0. The van der Waals surface area contributed by atoms with Gasteiger partial charge in [0.15, 0.2) is 0 Å². The summed E-state index contributed by atoms with van der Waals surface area (Å²) in [5.41, 5.74) is 1.75. The molecule has 4 heteroatoms. The molecule has 17 heavy (non-hydrogen) atoms. The van der Waals surface area contributed by atoms with E-state index in [9.17, 15) is 0 Å². The molecule has 0 spiro atoms. The van der Waals surface area contributed by atoms with E-state index in [-0.39, 0.29) is 0 Å². The molecule has 0 atom stereocenters. The van der Waals surface area contributed by atoms with Crippen LogP contribution >= 0.6 is 27.7 Å². The summed E-state index contributed by atoms with van der Waals surface area (Å²) in [5.74, 6) is 1.25. The van der Waals surface area contributed by atoms with Gasteiger partial charge in [-0.05, 0) is 59.0 Å². The van der Waals surface area contributed by atoms with E-state index in [0.29, 0.717) is 5.56 Å². The number of rotatable bonds is 7. The molecule has 1 aromatic carbocycles. The Labute approximate surface area is 116 Å². The second-order valence-electron chi connectivity index (χ2n) is 3.79. The molecule has 0 radical (unpaired) electrons. The molecule has 92 valence electrons. The highest BCUT2D eigenvalue weighted by Crippen LogP contribution is 2.23. The molecule has 2 nitrogen and oxygen atoms in total. The van der Waals surface area contributed by atoms with Gasteiger partial charge in [0.05, 0.1) is 11.6 Å². The predicted octanol–water partition coefficient (Wildman–Crippen LogP) is 4.27. The molecule has 0 aliphatic rings. The highest BCUT2D eigenvalue weighted by Gasteiger charge is 2.00. The maximum absolute atomic E-state index is 8.76. The van der Waals surface area contributed by atoms with Gasteiger partial charge >= 0.3 is 0 Å². The van der Waals surface area contributed by atoms with Crippen LogP contribution in [-0.2, 0) is 0 Å². The Bertz CT molecular complexity index is 387. The van der Waals surface area contributed by atoms with Crippen molar-refractivity contribution in [1.82, 2.24) is 0 Å². The first-order valence-corrected chi connectivity index (χ1v) is 7.89. The zero-order valence-corrected chi connectivity index (χ0v) is 12.4. The fourth-order valence-electron chi connectivity index (χ4n) is 1.50. The molecule has 0 bridgehead atoms. The molecular weight excluding hydrogens is 296 g/mol. The normalized spacial score (nSPS) is 9.94. The summed E-state index contributed by atoms with van der Waals surface area (Å²) < 4.78 is 0.959. The lowest BCUT2D eigenvalue weighted by molar-refractivity contribution is 0.749. The van der Waals surface area contributed by atoms with Gasteiger partial charge in [0.1, 0.15) is 0 Å². The smallest absolute Gasteiger partial charge is 0.0992 e. The monoisotopic (exact) mass is 312 g/mol. The van der Waals surface area contributed by atoms with Crippen LogP contribution in [0.2, 0.25) is 0 Å². The minimum absolute atomic E-state index is 0.683. The number of nitriles is 1. The highest BCUT2D eigenvalue weighted by atomic mass is 79.9. The fraction of sp³-hybridized carbons (Fsp3) is 0.462. The van der Waals surface area contributed by atoms with Gasteiger partial charge in [0.25, 0.3) is 0 Å². The van der Waals surface area contributed by atoms with Crippen LogP contribution in [0.15, 0.2) is 22.7 Å². The van der Waals surface area contributed by atoms with Crippen LogP contribution in [0.25, 0.3) is 0 Å². The lowest BCUT2D eigenvalue weighted by Gasteiger charge is -2.08. The number of nitrogens with one attached hydrogen (secondary N) is 1. The van der Waals surface area contributed by atoms with E-state index < -0.39 is 0 Å². The van der Waals surface area contributed by atoms with Crippen LogP contribution in [0, 0.1) is 11.3 Å². The second-order valence-corrected chi connectivity index (χ2v) is 5.63. The number of thioether (sulfide) groups is 1. The summed E-state index contributed by atoms with van der Waals surface area (Å²) >= 11 is 5.37. The number of hydrogen-bond donors (Lipinski definition) is 1. The van der Waals surface area contributed by atoms with Gasteiger partial charge < -0.3 is 5.32 Å². The number of hydrogen-bond acceptors (Lipinski definition) is 3. The molecule has 1 rings (SSSR count). The molecule has 0 aromatic heterocycles. The van der Waals surface area contributed by atoms with Crippen molar-refractivity contribution in [2.45, 2.75) is 19.3 Å². The first-order chi connectivity index (χ1) is 8.27. The third kappa shape index (κ3) is 5.47. The zero-order chi connectivity index (χ0) is 12.5. The standard InChI is InChI=1S/C13H17BrN2S/c1-17-8-4-2-3-7-16-13-6-5-11(10-15)9-12(13)14/h5-6,9,16H,2-4,7-8H2,1H3. The third-order valence-corrected chi connectivity index (χ3v) is 3.79. The molecule has 0 aliphatic carbocycles. The Balaban J connectivity index is 2.30. The van der Waals surface area contributed by atoms with Crippen LogP contribution < -0.4 is 5.32 Å². The maximum atomic E-state index is 8.76. The van der Waals surface area contributed by atoms with E-state index in [2.05, 4.69) is 33.6 Å². The molecule has 0 saturated heterocycles. The molecule has 1 aromatic rings. The van der Waals surface area contributed by atoms with Gasteiger partial charge in [-0.3, -0.25) is 0 Å². The summed E-state index contributed by atoms with van der Waals surface area (Å²) in [5, 5.41) is 12.1. The summed E-state index contributed by atoms with van der Waals surface area (Å²) in [7, 11) is 0. The lowest BCUT2D eigenvalue weighted by atomic mass is 10.2. The van der Waals surface area contributed by atoms with Gasteiger partial charge in [-0.15, -0.1) is 0 Å². The predicted molar refractivity (Wildman–Crippen MR) is 79.6 cm³/mol. The SMILES string of the molecule is CSCCCCCNc1ccc(C#N)cc1Br. The topological polar surface area (TPSA) is 35.8 Å². The van der Waals surface area contributed by atoms with Crippen LogP contribution in [0.3, 0.4) is 0 Å². The number of nitrogens with zero attached hydrogens (tertiary/aromatic N) is 1. The Hall–Kier alpha value is -0.660. The van der Waals surface area contributed by atoms with Crippen molar-refractivity contribution < 1.29 is 0 Å². The van der Waals surface area contributed by atoms with Gasteiger partial charge in [0.2, 0.25) is 0 Å². The van der Waals surface area contributed by atoms with Crippen molar-refractivity contribution in [3.05, 3.63) is 28.2 Å². The van der Waals surface area contributed by atoms with Gasteiger partial charge in [0, 0.05) is 16.7 Å². The Kier molecular flexibility index (Phi) is 7.14. The fourth-order valence-corrected chi connectivity index (χ4v) is 2.51. The summed E-state index contributed by atoms with van der Waals surface area (Å²) in [6.07, 6.45) is 5.89. The lowest BCUT2D eigenvalue weighted by Crippen LogP contribution is -2.02. The van der Waals surface area contributed by atoms with Gasteiger partial charge in [-0.2, -0.15) is 17.0 Å². The van der Waals surface area contributed by atoms with Crippen LogP contribution in [-0.4, -0.2) is 18.6 Å². The average molecular weight is 313 g/mol.